The molecule has 1 N–H and O–H groups in total. The smallest absolute Gasteiger partial charge is 0.411 e. The van der Waals surface area contributed by atoms with Crippen LogP contribution in [0.25, 0.3) is 0 Å². The molecule has 0 aromatic carbocycles. The summed E-state index contributed by atoms with van der Waals surface area (Å²) in [6.45, 7) is 13.3. The van der Waals surface area contributed by atoms with Crippen molar-refractivity contribution in [3.8, 4) is 0 Å². The molecule has 0 radical (unpaired) electrons. The first kappa shape index (κ1) is 22.2. The van der Waals surface area contributed by atoms with Gasteiger partial charge in [0.1, 0.15) is 23.8 Å². The van der Waals surface area contributed by atoms with Gasteiger partial charge < -0.3 is 14.6 Å². The lowest BCUT2D eigenvalue weighted by atomic mass is 10.0. The first-order valence-electron chi connectivity index (χ1n) is 8.06. The topological polar surface area (TPSA) is 93.1 Å². The molecule has 0 spiro atoms. The summed E-state index contributed by atoms with van der Waals surface area (Å²) in [5.41, 5.74) is -1.53. The second kappa shape index (κ2) is 8.35. The maximum atomic E-state index is 12.4. The van der Waals surface area contributed by atoms with Crippen LogP contribution in [-0.2, 0) is 19.1 Å². The summed E-state index contributed by atoms with van der Waals surface area (Å²) >= 11 is 0. The summed E-state index contributed by atoms with van der Waals surface area (Å²) in [6.07, 6.45) is -0.640. The third kappa shape index (κ3) is 9.37. The third-order valence-corrected chi connectivity index (χ3v) is 2.70. The van der Waals surface area contributed by atoms with Crippen molar-refractivity contribution in [3.05, 3.63) is 0 Å². The number of nitrogens with zero attached hydrogens (tertiary/aromatic N) is 1. The summed E-state index contributed by atoms with van der Waals surface area (Å²) in [5, 5.41) is 9.48. The van der Waals surface area contributed by atoms with Gasteiger partial charge in [-0.1, -0.05) is 13.8 Å². The van der Waals surface area contributed by atoms with E-state index in [9.17, 15) is 19.5 Å². The van der Waals surface area contributed by atoms with E-state index < -0.39 is 41.8 Å². The largest absolute Gasteiger partial charge is 0.480 e. The van der Waals surface area contributed by atoms with Crippen molar-refractivity contribution < 1.29 is 29.0 Å². The quantitative estimate of drug-likeness (QED) is 0.744. The standard InChI is InChI=1S/C17H31NO6/c1-11(2)9-12(14(20)21)18(15(22)24-17(6,7)8)10-13(19)23-16(3,4)5/h11-12H,9-10H2,1-8H3,(H,20,21)/t12-/m0/s1. The molecule has 0 heterocycles. The predicted octanol–water partition coefficient (Wildman–Crippen LogP) is 3.06. The zero-order chi connectivity index (χ0) is 19.3. The Morgan fingerprint density at radius 2 is 1.42 bits per heavy atom. The van der Waals surface area contributed by atoms with Crippen molar-refractivity contribution in [2.45, 2.75) is 79.1 Å². The predicted molar refractivity (Wildman–Crippen MR) is 89.7 cm³/mol. The number of carbonyl (C=O) groups is 3. The van der Waals surface area contributed by atoms with E-state index in [-0.39, 0.29) is 12.3 Å². The molecule has 0 rings (SSSR count). The molecule has 0 bridgehead atoms. The van der Waals surface area contributed by atoms with E-state index in [1.807, 2.05) is 13.8 Å². The molecule has 0 aliphatic rings. The second-order valence-corrected chi connectivity index (χ2v) is 8.18. The number of hydrogen-bond donors (Lipinski definition) is 1. The minimum atomic E-state index is -1.18. The highest BCUT2D eigenvalue weighted by Crippen LogP contribution is 2.18. The number of carboxylic acid groups (broad SMARTS) is 1. The Morgan fingerprint density at radius 3 is 1.75 bits per heavy atom. The number of amides is 1. The van der Waals surface area contributed by atoms with E-state index in [1.54, 1.807) is 41.5 Å². The van der Waals surface area contributed by atoms with E-state index in [0.717, 1.165) is 4.90 Å². The van der Waals surface area contributed by atoms with Gasteiger partial charge >= 0.3 is 18.0 Å². The summed E-state index contributed by atoms with van der Waals surface area (Å²) in [4.78, 5) is 37.1. The fraction of sp³-hybridized carbons (Fsp3) is 0.824. The Labute approximate surface area is 144 Å². The SMILES string of the molecule is CC(C)C[C@@H](C(=O)O)N(CC(=O)OC(C)(C)C)C(=O)OC(C)(C)C. The van der Waals surface area contributed by atoms with Gasteiger partial charge in [0.2, 0.25) is 0 Å². The van der Waals surface area contributed by atoms with Crippen molar-refractivity contribution >= 4 is 18.0 Å². The Hall–Kier alpha value is -1.79. The van der Waals surface area contributed by atoms with Crippen molar-refractivity contribution in [3.63, 3.8) is 0 Å². The average Bonchev–Trinajstić information content (AvgIpc) is 2.28. The minimum absolute atomic E-state index is 0.0228. The van der Waals surface area contributed by atoms with Crippen LogP contribution in [0.1, 0.15) is 61.8 Å². The van der Waals surface area contributed by atoms with Crippen molar-refractivity contribution in [2.24, 2.45) is 5.92 Å². The first-order valence-corrected chi connectivity index (χ1v) is 8.06. The van der Waals surface area contributed by atoms with Gasteiger partial charge in [-0.2, -0.15) is 0 Å². The molecule has 0 saturated carbocycles. The Balaban J connectivity index is 5.44. The Kier molecular flexibility index (Phi) is 7.73. The van der Waals surface area contributed by atoms with Gasteiger partial charge in [-0.05, 0) is 53.9 Å². The molecule has 140 valence electrons. The lowest BCUT2D eigenvalue weighted by molar-refractivity contribution is -0.158. The summed E-state index contributed by atoms with van der Waals surface area (Å²) < 4.78 is 10.5. The lowest BCUT2D eigenvalue weighted by Crippen LogP contribution is -2.50. The Bertz CT molecular complexity index is 459. The highest BCUT2D eigenvalue weighted by molar-refractivity contribution is 5.84. The van der Waals surface area contributed by atoms with Crippen LogP contribution in [0.4, 0.5) is 4.79 Å². The van der Waals surface area contributed by atoms with Crippen molar-refractivity contribution in [1.29, 1.82) is 0 Å². The monoisotopic (exact) mass is 345 g/mol. The summed E-state index contributed by atoms with van der Waals surface area (Å²) in [6, 6.07) is -1.16. The van der Waals surface area contributed by atoms with Crippen LogP contribution >= 0.6 is 0 Å². The molecule has 7 heteroatoms. The molecule has 0 aliphatic heterocycles. The molecule has 1 atom stereocenters. The Morgan fingerprint density at radius 1 is 0.958 bits per heavy atom. The van der Waals surface area contributed by atoms with E-state index in [1.165, 1.54) is 0 Å². The number of carboxylic acids is 1. The molecule has 7 nitrogen and oxygen atoms in total. The molecule has 0 fully saturated rings. The molecular weight excluding hydrogens is 314 g/mol. The van der Waals surface area contributed by atoms with Crippen LogP contribution in [0.2, 0.25) is 0 Å². The summed E-state index contributed by atoms with van der Waals surface area (Å²) in [5.74, 6) is -1.84. The van der Waals surface area contributed by atoms with E-state index in [4.69, 9.17) is 9.47 Å². The highest BCUT2D eigenvalue weighted by Gasteiger charge is 2.35. The van der Waals surface area contributed by atoms with Gasteiger partial charge in [-0.25, -0.2) is 9.59 Å². The fourth-order valence-corrected chi connectivity index (χ4v) is 1.94. The van der Waals surface area contributed by atoms with Crippen LogP contribution in [0.5, 0.6) is 0 Å². The molecule has 0 saturated heterocycles. The van der Waals surface area contributed by atoms with Crippen LogP contribution in [0.3, 0.4) is 0 Å². The van der Waals surface area contributed by atoms with Crippen LogP contribution in [0.15, 0.2) is 0 Å². The van der Waals surface area contributed by atoms with E-state index >= 15 is 0 Å². The zero-order valence-electron chi connectivity index (χ0n) is 16.0. The number of carbonyl (C=O) groups excluding carboxylic acids is 2. The molecule has 0 unspecified atom stereocenters. The van der Waals surface area contributed by atoms with Gasteiger partial charge in [0, 0.05) is 0 Å². The van der Waals surface area contributed by atoms with Crippen LogP contribution < -0.4 is 0 Å². The molecule has 0 aromatic heterocycles. The average molecular weight is 345 g/mol. The molecule has 24 heavy (non-hydrogen) atoms. The van der Waals surface area contributed by atoms with Crippen LogP contribution in [-0.4, -0.2) is 51.8 Å². The number of aliphatic carboxylic acids is 1. The van der Waals surface area contributed by atoms with Gasteiger partial charge in [-0.3, -0.25) is 9.69 Å². The molecule has 1 amide bonds. The van der Waals surface area contributed by atoms with Gasteiger partial charge in [-0.15, -0.1) is 0 Å². The minimum Gasteiger partial charge on any atom is -0.480 e. The maximum absolute atomic E-state index is 12.4. The zero-order valence-corrected chi connectivity index (χ0v) is 16.0. The van der Waals surface area contributed by atoms with Crippen molar-refractivity contribution in [1.82, 2.24) is 4.90 Å². The van der Waals surface area contributed by atoms with Crippen molar-refractivity contribution in [2.75, 3.05) is 6.54 Å². The number of esters is 1. The third-order valence-electron chi connectivity index (χ3n) is 2.70. The first-order chi connectivity index (χ1) is 10.6. The molecule has 0 aromatic rings. The van der Waals surface area contributed by atoms with Gasteiger partial charge in [0.25, 0.3) is 0 Å². The van der Waals surface area contributed by atoms with Gasteiger partial charge in [0.15, 0.2) is 0 Å². The number of ether oxygens (including phenoxy) is 2. The highest BCUT2D eigenvalue weighted by atomic mass is 16.6. The van der Waals surface area contributed by atoms with E-state index in [2.05, 4.69) is 0 Å². The second-order valence-electron chi connectivity index (χ2n) is 8.18. The fourth-order valence-electron chi connectivity index (χ4n) is 1.94. The molecular formula is C17H31NO6. The molecule has 0 aliphatic carbocycles. The maximum Gasteiger partial charge on any atom is 0.411 e. The lowest BCUT2D eigenvalue weighted by Gasteiger charge is -2.32. The number of rotatable bonds is 6. The summed E-state index contributed by atoms with van der Waals surface area (Å²) in [7, 11) is 0. The van der Waals surface area contributed by atoms with Crippen LogP contribution in [0, 0.1) is 5.92 Å². The van der Waals surface area contributed by atoms with E-state index in [0.29, 0.717) is 0 Å². The normalized spacial score (nSPS) is 13.4. The van der Waals surface area contributed by atoms with Gasteiger partial charge in [0.05, 0.1) is 0 Å². The number of hydrogen-bond acceptors (Lipinski definition) is 5.